The number of aliphatic carboxylic acids is 1. The number of nitrogens with one attached hydrogen (secondary N) is 1. The minimum absolute atomic E-state index is 0.00322. The smallest absolute Gasteiger partial charge is 0.303 e. The van der Waals surface area contributed by atoms with E-state index in [1.165, 1.54) is 0 Å². The average molecular weight is 278 g/mol. The second-order valence-electron chi connectivity index (χ2n) is 5.17. The SMILES string of the molecule is CC(C)C(N)C(=O)NC(CCC(=O)O)c1ccccc1. The quantitative estimate of drug-likeness (QED) is 0.707. The van der Waals surface area contributed by atoms with Gasteiger partial charge in [0.05, 0.1) is 12.1 Å². The van der Waals surface area contributed by atoms with Crippen molar-refractivity contribution in [3.05, 3.63) is 35.9 Å². The van der Waals surface area contributed by atoms with E-state index in [-0.39, 0.29) is 24.3 Å². The third-order valence-electron chi connectivity index (χ3n) is 3.19. The lowest BCUT2D eigenvalue weighted by Crippen LogP contribution is -2.45. The number of carboxylic acid groups (broad SMARTS) is 1. The Morgan fingerprint density at radius 2 is 1.85 bits per heavy atom. The van der Waals surface area contributed by atoms with Crippen LogP contribution in [0.15, 0.2) is 30.3 Å². The van der Waals surface area contributed by atoms with Crippen LogP contribution in [0.25, 0.3) is 0 Å². The molecule has 0 fully saturated rings. The Morgan fingerprint density at radius 3 is 2.35 bits per heavy atom. The summed E-state index contributed by atoms with van der Waals surface area (Å²) in [5, 5.41) is 11.6. The predicted molar refractivity (Wildman–Crippen MR) is 77.0 cm³/mol. The van der Waals surface area contributed by atoms with Crippen LogP contribution in [0.4, 0.5) is 0 Å². The summed E-state index contributed by atoms with van der Waals surface area (Å²) in [5.74, 6) is -1.10. The molecular formula is C15H22N2O3. The molecule has 2 unspecified atom stereocenters. The number of rotatable bonds is 7. The van der Waals surface area contributed by atoms with E-state index in [9.17, 15) is 9.59 Å². The van der Waals surface area contributed by atoms with Crippen molar-refractivity contribution in [1.29, 1.82) is 0 Å². The van der Waals surface area contributed by atoms with Gasteiger partial charge in [0.25, 0.3) is 0 Å². The molecule has 0 saturated carbocycles. The fraction of sp³-hybridized carbons (Fsp3) is 0.467. The summed E-state index contributed by atoms with van der Waals surface area (Å²) in [4.78, 5) is 22.8. The van der Waals surface area contributed by atoms with Crippen LogP contribution in [0.2, 0.25) is 0 Å². The summed E-state index contributed by atoms with van der Waals surface area (Å²) in [5.41, 5.74) is 6.70. The zero-order valence-electron chi connectivity index (χ0n) is 11.9. The van der Waals surface area contributed by atoms with E-state index in [0.717, 1.165) is 5.56 Å². The van der Waals surface area contributed by atoms with Gasteiger partial charge in [0.15, 0.2) is 0 Å². The number of carbonyl (C=O) groups excluding carboxylic acids is 1. The van der Waals surface area contributed by atoms with E-state index in [2.05, 4.69) is 5.32 Å². The highest BCUT2D eigenvalue weighted by Crippen LogP contribution is 2.18. The van der Waals surface area contributed by atoms with Crippen LogP contribution < -0.4 is 11.1 Å². The van der Waals surface area contributed by atoms with E-state index in [1.807, 2.05) is 44.2 Å². The highest BCUT2D eigenvalue weighted by Gasteiger charge is 2.22. The molecule has 0 bridgehead atoms. The molecule has 1 aromatic rings. The van der Waals surface area contributed by atoms with Crippen molar-refractivity contribution < 1.29 is 14.7 Å². The highest BCUT2D eigenvalue weighted by molar-refractivity contribution is 5.82. The largest absolute Gasteiger partial charge is 0.481 e. The molecule has 20 heavy (non-hydrogen) atoms. The first-order chi connectivity index (χ1) is 9.41. The summed E-state index contributed by atoms with van der Waals surface area (Å²) < 4.78 is 0. The van der Waals surface area contributed by atoms with E-state index < -0.39 is 12.0 Å². The van der Waals surface area contributed by atoms with E-state index in [0.29, 0.717) is 6.42 Å². The van der Waals surface area contributed by atoms with Gasteiger partial charge in [-0.05, 0) is 17.9 Å². The van der Waals surface area contributed by atoms with Gasteiger partial charge < -0.3 is 16.2 Å². The van der Waals surface area contributed by atoms with Gasteiger partial charge in [-0.2, -0.15) is 0 Å². The molecule has 4 N–H and O–H groups in total. The summed E-state index contributed by atoms with van der Waals surface area (Å²) in [6.45, 7) is 3.75. The Kier molecular flexibility index (Phi) is 6.18. The van der Waals surface area contributed by atoms with Crippen molar-refractivity contribution in [3.63, 3.8) is 0 Å². The first-order valence-corrected chi connectivity index (χ1v) is 6.74. The van der Waals surface area contributed by atoms with Gasteiger partial charge in [-0.1, -0.05) is 44.2 Å². The van der Waals surface area contributed by atoms with Gasteiger partial charge in [-0.15, -0.1) is 0 Å². The topological polar surface area (TPSA) is 92.4 Å². The van der Waals surface area contributed by atoms with E-state index >= 15 is 0 Å². The minimum atomic E-state index is -0.881. The standard InChI is InChI=1S/C15H22N2O3/c1-10(2)14(16)15(20)17-12(8-9-13(18)19)11-6-4-3-5-7-11/h3-7,10,12,14H,8-9,16H2,1-2H3,(H,17,20)(H,18,19). The molecule has 0 heterocycles. The maximum atomic E-state index is 12.0. The van der Waals surface area contributed by atoms with Crippen LogP contribution in [0.5, 0.6) is 0 Å². The average Bonchev–Trinajstić information content (AvgIpc) is 2.42. The van der Waals surface area contributed by atoms with Crippen LogP contribution >= 0.6 is 0 Å². The fourth-order valence-electron chi connectivity index (χ4n) is 1.85. The third-order valence-corrected chi connectivity index (χ3v) is 3.19. The van der Waals surface area contributed by atoms with Crippen LogP contribution in [0.3, 0.4) is 0 Å². The first-order valence-electron chi connectivity index (χ1n) is 6.74. The first kappa shape index (κ1) is 16.2. The summed E-state index contributed by atoms with van der Waals surface area (Å²) in [6.07, 6.45) is 0.340. The van der Waals surface area contributed by atoms with Crippen molar-refractivity contribution >= 4 is 11.9 Å². The third kappa shape index (κ3) is 5.01. The second-order valence-corrected chi connectivity index (χ2v) is 5.17. The molecular weight excluding hydrogens is 256 g/mol. The molecule has 1 rings (SSSR count). The summed E-state index contributed by atoms with van der Waals surface area (Å²) in [6, 6.07) is 8.41. The van der Waals surface area contributed by atoms with Crippen LogP contribution in [0.1, 0.15) is 38.3 Å². The predicted octanol–water partition coefficient (Wildman–Crippen LogP) is 1.69. The number of hydrogen-bond donors (Lipinski definition) is 3. The molecule has 0 aliphatic rings. The van der Waals surface area contributed by atoms with Gasteiger partial charge in [0, 0.05) is 6.42 Å². The lowest BCUT2D eigenvalue weighted by atomic mass is 9.99. The monoisotopic (exact) mass is 278 g/mol. The van der Waals surface area contributed by atoms with Gasteiger partial charge in [-0.25, -0.2) is 0 Å². The Morgan fingerprint density at radius 1 is 1.25 bits per heavy atom. The molecule has 1 aromatic carbocycles. The number of carboxylic acids is 1. The Labute approximate surface area is 119 Å². The number of nitrogens with two attached hydrogens (primary N) is 1. The number of benzene rings is 1. The molecule has 0 aliphatic carbocycles. The normalized spacial score (nSPS) is 13.8. The minimum Gasteiger partial charge on any atom is -0.481 e. The van der Waals surface area contributed by atoms with Gasteiger partial charge in [0.1, 0.15) is 0 Å². The van der Waals surface area contributed by atoms with Gasteiger partial charge >= 0.3 is 5.97 Å². The molecule has 0 radical (unpaired) electrons. The molecule has 0 aliphatic heterocycles. The molecule has 0 spiro atoms. The molecule has 0 aromatic heterocycles. The van der Waals surface area contributed by atoms with E-state index in [4.69, 9.17) is 10.8 Å². The van der Waals surface area contributed by atoms with Crippen LogP contribution in [-0.2, 0) is 9.59 Å². The Balaban J connectivity index is 2.78. The van der Waals surface area contributed by atoms with E-state index in [1.54, 1.807) is 0 Å². The Hall–Kier alpha value is -1.88. The molecule has 5 nitrogen and oxygen atoms in total. The zero-order valence-corrected chi connectivity index (χ0v) is 11.9. The fourth-order valence-corrected chi connectivity index (χ4v) is 1.85. The number of amides is 1. The van der Waals surface area contributed by atoms with Crippen LogP contribution in [0, 0.1) is 5.92 Å². The molecule has 0 saturated heterocycles. The zero-order chi connectivity index (χ0) is 15.1. The maximum absolute atomic E-state index is 12.0. The number of hydrogen-bond acceptors (Lipinski definition) is 3. The highest BCUT2D eigenvalue weighted by atomic mass is 16.4. The summed E-state index contributed by atoms with van der Waals surface area (Å²) in [7, 11) is 0. The molecule has 110 valence electrons. The van der Waals surface area contributed by atoms with Crippen molar-refractivity contribution in [2.45, 2.75) is 38.8 Å². The summed E-state index contributed by atoms with van der Waals surface area (Å²) >= 11 is 0. The second kappa shape index (κ2) is 7.65. The van der Waals surface area contributed by atoms with Crippen molar-refractivity contribution in [3.8, 4) is 0 Å². The van der Waals surface area contributed by atoms with Gasteiger partial charge in [-0.3, -0.25) is 9.59 Å². The van der Waals surface area contributed by atoms with Crippen molar-refractivity contribution in [2.24, 2.45) is 11.7 Å². The lowest BCUT2D eigenvalue weighted by molar-refractivity contribution is -0.137. The van der Waals surface area contributed by atoms with Crippen molar-refractivity contribution in [1.82, 2.24) is 5.32 Å². The van der Waals surface area contributed by atoms with Gasteiger partial charge in [0.2, 0.25) is 5.91 Å². The number of carbonyl (C=O) groups is 2. The lowest BCUT2D eigenvalue weighted by Gasteiger charge is -2.22. The maximum Gasteiger partial charge on any atom is 0.303 e. The molecule has 5 heteroatoms. The molecule has 1 amide bonds. The van der Waals surface area contributed by atoms with Crippen LogP contribution in [-0.4, -0.2) is 23.0 Å². The Bertz CT molecular complexity index is 446. The van der Waals surface area contributed by atoms with Crippen molar-refractivity contribution in [2.75, 3.05) is 0 Å². The molecule has 2 atom stereocenters.